The minimum atomic E-state index is -0.881. The zero-order valence-corrected chi connectivity index (χ0v) is 11.3. The summed E-state index contributed by atoms with van der Waals surface area (Å²) in [5.74, 6) is -0.814. The van der Waals surface area contributed by atoms with Crippen molar-refractivity contribution in [1.82, 2.24) is 5.32 Å². The van der Waals surface area contributed by atoms with Crippen LogP contribution in [0.1, 0.15) is 12.5 Å². The minimum Gasteiger partial charge on any atom is -0.450 e. The van der Waals surface area contributed by atoms with E-state index < -0.39 is 12.0 Å². The summed E-state index contributed by atoms with van der Waals surface area (Å²) in [7, 11) is 0. The molecule has 2 amide bonds. The van der Waals surface area contributed by atoms with Gasteiger partial charge >= 0.3 is 6.09 Å². The van der Waals surface area contributed by atoms with E-state index in [0.717, 1.165) is 11.3 Å². The first-order valence-electron chi connectivity index (χ1n) is 5.98. The van der Waals surface area contributed by atoms with Crippen molar-refractivity contribution < 1.29 is 14.3 Å². The van der Waals surface area contributed by atoms with Crippen LogP contribution in [-0.4, -0.2) is 18.6 Å². The number of nitrogens with zero attached hydrogens (tertiary/aromatic N) is 1. The van der Waals surface area contributed by atoms with Crippen molar-refractivity contribution in [2.24, 2.45) is 0 Å². The molecular weight excluding hydrogens is 258 g/mol. The minimum absolute atomic E-state index is 0.145. The molecule has 0 aliphatic carbocycles. The fourth-order valence-electron chi connectivity index (χ4n) is 1.28. The summed E-state index contributed by atoms with van der Waals surface area (Å²) in [6, 6.07) is 9.11. The van der Waals surface area contributed by atoms with Gasteiger partial charge in [-0.1, -0.05) is 17.7 Å². The summed E-state index contributed by atoms with van der Waals surface area (Å²) in [5, 5.41) is 13.6. The van der Waals surface area contributed by atoms with E-state index in [-0.39, 0.29) is 12.2 Å². The van der Waals surface area contributed by atoms with Crippen LogP contribution in [0.25, 0.3) is 0 Å². The van der Waals surface area contributed by atoms with E-state index >= 15 is 0 Å². The van der Waals surface area contributed by atoms with Crippen LogP contribution >= 0.6 is 0 Å². The van der Waals surface area contributed by atoms with Gasteiger partial charge in [0.25, 0.3) is 5.91 Å². The lowest BCUT2D eigenvalue weighted by Crippen LogP contribution is -2.32. The maximum atomic E-state index is 11.6. The van der Waals surface area contributed by atoms with E-state index in [1.807, 2.05) is 36.5 Å². The van der Waals surface area contributed by atoms with Crippen molar-refractivity contribution in [3.63, 3.8) is 0 Å². The van der Waals surface area contributed by atoms with Gasteiger partial charge in [0.05, 0.1) is 6.61 Å². The van der Waals surface area contributed by atoms with Gasteiger partial charge in [-0.2, -0.15) is 5.26 Å². The molecule has 104 valence electrons. The predicted molar refractivity (Wildman–Crippen MR) is 73.7 cm³/mol. The molecule has 0 heterocycles. The summed E-state index contributed by atoms with van der Waals surface area (Å²) in [4.78, 5) is 22.7. The van der Waals surface area contributed by atoms with E-state index in [1.54, 1.807) is 13.0 Å². The van der Waals surface area contributed by atoms with Crippen LogP contribution in [0.5, 0.6) is 0 Å². The van der Waals surface area contributed by atoms with E-state index in [2.05, 4.69) is 10.1 Å². The Labute approximate surface area is 117 Å². The number of carbonyl (C=O) groups is 2. The largest absolute Gasteiger partial charge is 0.450 e. The Bertz CT molecular complexity index is 556. The Morgan fingerprint density at radius 1 is 1.35 bits per heavy atom. The van der Waals surface area contributed by atoms with Gasteiger partial charge in [-0.05, 0) is 26.0 Å². The number of nitrogens with one attached hydrogen (secondary N) is 2. The van der Waals surface area contributed by atoms with Crippen LogP contribution in [0.15, 0.2) is 36.0 Å². The average Bonchev–Trinajstić information content (AvgIpc) is 2.41. The maximum Gasteiger partial charge on any atom is 0.414 e. The SMILES string of the molecule is CCOC(=O)NC(=O)C(C#N)=CNc1ccc(C)cc1. The monoisotopic (exact) mass is 273 g/mol. The van der Waals surface area contributed by atoms with Gasteiger partial charge in [-0.3, -0.25) is 10.1 Å². The lowest BCUT2D eigenvalue weighted by Gasteiger charge is -2.04. The van der Waals surface area contributed by atoms with Crippen LogP contribution in [0.4, 0.5) is 10.5 Å². The molecule has 0 fully saturated rings. The van der Waals surface area contributed by atoms with Crippen LogP contribution in [0, 0.1) is 18.3 Å². The molecule has 1 rings (SSSR count). The van der Waals surface area contributed by atoms with Crippen LogP contribution < -0.4 is 10.6 Å². The second-order valence-electron chi connectivity index (χ2n) is 3.85. The molecule has 0 bridgehead atoms. The molecule has 0 saturated carbocycles. The Kier molecular flexibility index (Phi) is 5.78. The molecular formula is C14H15N3O3. The van der Waals surface area contributed by atoms with E-state index in [9.17, 15) is 9.59 Å². The topological polar surface area (TPSA) is 91.2 Å². The number of imide groups is 1. The van der Waals surface area contributed by atoms with Gasteiger partial charge < -0.3 is 10.1 Å². The number of carbonyl (C=O) groups excluding carboxylic acids is 2. The van der Waals surface area contributed by atoms with Gasteiger partial charge in [0, 0.05) is 11.9 Å². The van der Waals surface area contributed by atoms with Gasteiger partial charge in [0.15, 0.2) is 0 Å². The molecule has 6 heteroatoms. The smallest absolute Gasteiger partial charge is 0.414 e. The molecule has 0 unspecified atom stereocenters. The number of hydrogen-bond acceptors (Lipinski definition) is 5. The van der Waals surface area contributed by atoms with E-state index in [1.165, 1.54) is 6.20 Å². The number of anilines is 1. The van der Waals surface area contributed by atoms with Crippen LogP contribution in [0.3, 0.4) is 0 Å². The first kappa shape index (κ1) is 15.2. The molecule has 2 N–H and O–H groups in total. The number of aryl methyl sites for hydroxylation is 1. The number of benzene rings is 1. The van der Waals surface area contributed by atoms with E-state index in [4.69, 9.17) is 5.26 Å². The molecule has 6 nitrogen and oxygen atoms in total. The lowest BCUT2D eigenvalue weighted by molar-refractivity contribution is -0.116. The number of rotatable bonds is 4. The van der Waals surface area contributed by atoms with Gasteiger partial charge in [-0.15, -0.1) is 0 Å². The highest BCUT2D eigenvalue weighted by Gasteiger charge is 2.13. The summed E-state index contributed by atoms with van der Waals surface area (Å²) >= 11 is 0. The first-order chi connectivity index (χ1) is 9.56. The summed E-state index contributed by atoms with van der Waals surface area (Å²) in [6.07, 6.45) is 0.355. The Morgan fingerprint density at radius 3 is 2.55 bits per heavy atom. The van der Waals surface area contributed by atoms with Crippen LogP contribution in [0.2, 0.25) is 0 Å². The third-order valence-electron chi connectivity index (χ3n) is 2.29. The van der Waals surface area contributed by atoms with Crippen molar-refractivity contribution >= 4 is 17.7 Å². The number of nitriles is 1. The van der Waals surface area contributed by atoms with Crippen molar-refractivity contribution in [2.75, 3.05) is 11.9 Å². The fraction of sp³-hybridized carbons (Fsp3) is 0.214. The fourth-order valence-corrected chi connectivity index (χ4v) is 1.28. The summed E-state index contributed by atoms with van der Waals surface area (Å²) in [6.45, 7) is 3.71. The average molecular weight is 273 g/mol. The zero-order chi connectivity index (χ0) is 15.0. The second-order valence-corrected chi connectivity index (χ2v) is 3.85. The number of ether oxygens (including phenoxy) is 1. The maximum absolute atomic E-state index is 11.6. The van der Waals surface area contributed by atoms with Crippen molar-refractivity contribution in [2.45, 2.75) is 13.8 Å². The third-order valence-corrected chi connectivity index (χ3v) is 2.29. The highest BCUT2D eigenvalue weighted by molar-refractivity contribution is 6.05. The molecule has 0 saturated heterocycles. The predicted octanol–water partition coefficient (Wildman–Crippen LogP) is 2.09. The molecule has 0 aromatic heterocycles. The van der Waals surface area contributed by atoms with Crippen molar-refractivity contribution in [3.05, 3.63) is 41.6 Å². The van der Waals surface area contributed by atoms with Gasteiger partial charge in [-0.25, -0.2) is 4.79 Å². The molecule has 0 spiro atoms. The Morgan fingerprint density at radius 2 is 2.00 bits per heavy atom. The van der Waals surface area contributed by atoms with Gasteiger partial charge in [0.2, 0.25) is 0 Å². The molecule has 0 atom stereocenters. The molecule has 1 aromatic rings. The lowest BCUT2D eigenvalue weighted by atomic mass is 10.2. The number of amides is 2. The normalized spacial score (nSPS) is 10.3. The van der Waals surface area contributed by atoms with Crippen molar-refractivity contribution in [1.29, 1.82) is 5.26 Å². The van der Waals surface area contributed by atoms with E-state index in [0.29, 0.717) is 0 Å². The molecule has 0 aliphatic heterocycles. The molecule has 20 heavy (non-hydrogen) atoms. The van der Waals surface area contributed by atoms with Crippen molar-refractivity contribution in [3.8, 4) is 6.07 Å². The molecule has 0 radical (unpaired) electrons. The molecule has 1 aromatic carbocycles. The van der Waals surface area contributed by atoms with Gasteiger partial charge in [0.1, 0.15) is 11.6 Å². The first-order valence-corrected chi connectivity index (χ1v) is 5.98. The van der Waals surface area contributed by atoms with Crippen LogP contribution in [-0.2, 0) is 9.53 Å². The molecule has 0 aliphatic rings. The number of alkyl carbamates (subject to hydrolysis) is 1. The highest BCUT2D eigenvalue weighted by atomic mass is 16.5. The highest BCUT2D eigenvalue weighted by Crippen LogP contribution is 2.09. The third kappa shape index (κ3) is 4.82. The Hall–Kier alpha value is -2.81. The zero-order valence-electron chi connectivity index (χ0n) is 11.3. The quantitative estimate of drug-likeness (QED) is 0.647. The number of hydrogen-bond donors (Lipinski definition) is 2. The standard InChI is InChI=1S/C14H15N3O3/c1-3-20-14(19)17-13(18)11(8-15)9-16-12-6-4-10(2)5-7-12/h4-7,9,16H,3H2,1-2H3,(H,17,18,19). The second kappa shape index (κ2) is 7.59. The Balaban J connectivity index is 2.68. The summed E-state index contributed by atoms with van der Waals surface area (Å²) < 4.78 is 4.56. The summed E-state index contributed by atoms with van der Waals surface area (Å²) in [5.41, 5.74) is 1.60.